The van der Waals surface area contributed by atoms with E-state index in [1.807, 2.05) is 0 Å². The molecule has 170 valence electrons. The van der Waals surface area contributed by atoms with Crippen molar-refractivity contribution in [2.75, 3.05) is 20.8 Å². The Morgan fingerprint density at radius 3 is 2.76 bits per heavy atom. The van der Waals surface area contributed by atoms with Crippen LogP contribution in [0.4, 0.5) is 0 Å². The lowest BCUT2D eigenvalue weighted by molar-refractivity contribution is -0.0178. The lowest BCUT2D eigenvalue weighted by Gasteiger charge is -2.22. The van der Waals surface area contributed by atoms with Crippen LogP contribution in [0.3, 0.4) is 0 Å². The van der Waals surface area contributed by atoms with Crippen LogP contribution in [0, 0.1) is 11.3 Å². The van der Waals surface area contributed by atoms with E-state index in [4.69, 9.17) is 25.6 Å². The van der Waals surface area contributed by atoms with E-state index in [1.165, 1.54) is 10.9 Å². The van der Waals surface area contributed by atoms with Gasteiger partial charge in [0.15, 0.2) is 5.69 Å². The van der Waals surface area contributed by atoms with Crippen molar-refractivity contribution in [2.45, 2.75) is 37.8 Å². The predicted molar refractivity (Wildman–Crippen MR) is 119 cm³/mol. The van der Waals surface area contributed by atoms with Gasteiger partial charge in [-0.2, -0.15) is 10.2 Å². The molecule has 4 aromatic rings. The van der Waals surface area contributed by atoms with E-state index in [0.29, 0.717) is 16.9 Å². The van der Waals surface area contributed by atoms with Crippen LogP contribution in [0.2, 0.25) is 5.02 Å². The van der Waals surface area contributed by atoms with Gasteiger partial charge in [-0.15, -0.1) is 0 Å². The van der Waals surface area contributed by atoms with Crippen molar-refractivity contribution in [3.05, 3.63) is 45.2 Å². The smallest absolute Gasteiger partial charge is 0.279 e. The molecule has 1 aromatic carbocycles. The van der Waals surface area contributed by atoms with Crippen molar-refractivity contribution in [3.8, 4) is 17.7 Å². The zero-order valence-corrected chi connectivity index (χ0v) is 18.9. The zero-order valence-electron chi connectivity index (χ0n) is 18.2. The summed E-state index contributed by atoms with van der Waals surface area (Å²) in [5.74, 6) is 0.595. The zero-order chi connectivity index (χ0) is 23.2. The number of nitriles is 1. The van der Waals surface area contributed by atoms with E-state index < -0.39 is 5.60 Å². The quantitative estimate of drug-likeness (QED) is 0.422. The molecule has 33 heavy (non-hydrogen) atoms. The maximum absolute atomic E-state index is 13.6. The van der Waals surface area contributed by atoms with Crippen LogP contribution in [-0.4, -0.2) is 44.9 Å². The number of methoxy groups -OCH3 is 2. The van der Waals surface area contributed by atoms with Gasteiger partial charge in [0.25, 0.3) is 11.4 Å². The summed E-state index contributed by atoms with van der Waals surface area (Å²) in [4.78, 5) is 22.6. The Morgan fingerprint density at radius 2 is 2.06 bits per heavy atom. The fourth-order valence-corrected chi connectivity index (χ4v) is 4.81. The summed E-state index contributed by atoms with van der Waals surface area (Å²) in [5.41, 5.74) is 0.808. The first-order valence-electron chi connectivity index (χ1n) is 10.6. The number of ether oxygens (including phenoxy) is 2. The summed E-state index contributed by atoms with van der Waals surface area (Å²) in [6.45, 7) is 0.497. The Bertz CT molecular complexity index is 1460. The molecule has 1 saturated carbocycles. The van der Waals surface area contributed by atoms with Gasteiger partial charge in [0.2, 0.25) is 5.82 Å². The fourth-order valence-electron chi connectivity index (χ4n) is 4.62. The standard InChI is InChI=1S/C22H21ClN6O4/c1-31-10-9-28-17-13(11-24)14(23)5-6-15(17)29-12-25-16(18(29)20(28)30)19-26-21(27-33-19)22(32-2)7-3-4-8-22/h5-6,12H,3-4,7-10H2,1-2H3. The van der Waals surface area contributed by atoms with Crippen molar-refractivity contribution in [3.63, 3.8) is 0 Å². The Hall–Kier alpha value is -3.26. The van der Waals surface area contributed by atoms with E-state index in [1.54, 1.807) is 30.8 Å². The summed E-state index contributed by atoms with van der Waals surface area (Å²) in [5, 5.41) is 14.1. The fraction of sp³-hybridized carbons (Fsp3) is 0.409. The van der Waals surface area contributed by atoms with Gasteiger partial charge in [0, 0.05) is 20.8 Å². The molecule has 11 heteroatoms. The third-order valence-corrected chi connectivity index (χ3v) is 6.63. The number of rotatable bonds is 6. The highest BCUT2D eigenvalue weighted by molar-refractivity contribution is 6.32. The molecule has 3 aromatic heterocycles. The van der Waals surface area contributed by atoms with Crippen molar-refractivity contribution in [1.29, 1.82) is 5.26 Å². The first-order valence-corrected chi connectivity index (χ1v) is 10.9. The van der Waals surface area contributed by atoms with Gasteiger partial charge >= 0.3 is 0 Å². The van der Waals surface area contributed by atoms with Crippen LogP contribution in [0.1, 0.15) is 37.1 Å². The van der Waals surface area contributed by atoms with Crippen molar-refractivity contribution < 1.29 is 14.0 Å². The molecule has 10 nitrogen and oxygen atoms in total. The number of hydrogen-bond acceptors (Lipinski definition) is 8. The van der Waals surface area contributed by atoms with Gasteiger partial charge < -0.3 is 18.6 Å². The van der Waals surface area contributed by atoms with Crippen LogP contribution < -0.4 is 5.56 Å². The predicted octanol–water partition coefficient (Wildman–Crippen LogP) is 3.29. The van der Waals surface area contributed by atoms with Gasteiger partial charge in [0.1, 0.15) is 23.5 Å². The molecule has 0 spiro atoms. The Kier molecular flexibility index (Phi) is 5.40. The molecular formula is C22H21ClN6O4. The molecule has 0 N–H and O–H groups in total. The van der Waals surface area contributed by atoms with E-state index in [-0.39, 0.29) is 46.4 Å². The number of nitrogens with zero attached hydrogens (tertiary/aromatic N) is 6. The minimum absolute atomic E-state index is 0.139. The normalized spacial score (nSPS) is 15.5. The summed E-state index contributed by atoms with van der Waals surface area (Å²) in [6, 6.07) is 5.48. The topological polar surface area (TPSA) is 120 Å². The van der Waals surface area contributed by atoms with Gasteiger partial charge in [-0.3, -0.25) is 9.20 Å². The van der Waals surface area contributed by atoms with Crippen LogP contribution in [0.5, 0.6) is 0 Å². The van der Waals surface area contributed by atoms with Gasteiger partial charge in [-0.1, -0.05) is 16.8 Å². The van der Waals surface area contributed by atoms with E-state index in [2.05, 4.69) is 21.2 Å². The monoisotopic (exact) mass is 468 g/mol. The molecule has 1 fully saturated rings. The second kappa shape index (κ2) is 8.26. The van der Waals surface area contributed by atoms with E-state index in [0.717, 1.165) is 25.7 Å². The van der Waals surface area contributed by atoms with Crippen LogP contribution >= 0.6 is 11.6 Å². The molecular weight excluding hydrogens is 448 g/mol. The van der Waals surface area contributed by atoms with Crippen molar-refractivity contribution >= 4 is 28.2 Å². The highest BCUT2D eigenvalue weighted by atomic mass is 35.5. The number of fused-ring (bicyclic) bond motifs is 3. The lowest BCUT2D eigenvalue weighted by Crippen LogP contribution is -2.26. The van der Waals surface area contributed by atoms with Gasteiger partial charge in [-0.25, -0.2) is 4.98 Å². The molecule has 0 unspecified atom stereocenters. The summed E-state index contributed by atoms with van der Waals surface area (Å²) in [6.07, 6.45) is 5.16. The van der Waals surface area contributed by atoms with Gasteiger partial charge in [0.05, 0.1) is 28.2 Å². The molecule has 0 amide bonds. The summed E-state index contributed by atoms with van der Waals surface area (Å²) < 4.78 is 19.6. The van der Waals surface area contributed by atoms with E-state index >= 15 is 0 Å². The minimum Gasteiger partial charge on any atom is -0.383 e. The molecule has 5 rings (SSSR count). The average molecular weight is 469 g/mol. The number of benzene rings is 1. The van der Waals surface area contributed by atoms with Crippen molar-refractivity contribution in [2.24, 2.45) is 0 Å². The number of halogens is 1. The highest BCUT2D eigenvalue weighted by Gasteiger charge is 2.40. The first-order chi connectivity index (χ1) is 16.0. The highest BCUT2D eigenvalue weighted by Crippen LogP contribution is 2.40. The summed E-state index contributed by atoms with van der Waals surface area (Å²) in [7, 11) is 3.19. The van der Waals surface area contributed by atoms with Gasteiger partial charge in [-0.05, 0) is 37.8 Å². The SMILES string of the molecule is COCCn1c(=O)c2c(-c3nc(C4(OC)CCCC4)no3)ncn2c2ccc(Cl)c(C#N)c21. The second-order valence-electron chi connectivity index (χ2n) is 7.99. The third kappa shape index (κ3) is 3.23. The maximum Gasteiger partial charge on any atom is 0.279 e. The third-order valence-electron chi connectivity index (χ3n) is 6.32. The Labute approximate surface area is 193 Å². The average Bonchev–Trinajstić information content (AvgIpc) is 3.58. The summed E-state index contributed by atoms with van der Waals surface area (Å²) >= 11 is 6.27. The largest absolute Gasteiger partial charge is 0.383 e. The van der Waals surface area contributed by atoms with Crippen LogP contribution in [-0.2, 0) is 21.6 Å². The van der Waals surface area contributed by atoms with Crippen LogP contribution in [0.15, 0.2) is 27.8 Å². The molecule has 0 saturated heterocycles. The second-order valence-corrected chi connectivity index (χ2v) is 8.40. The first kappa shape index (κ1) is 21.6. The molecule has 1 aliphatic carbocycles. The Balaban J connectivity index is 1.76. The van der Waals surface area contributed by atoms with E-state index in [9.17, 15) is 10.1 Å². The minimum atomic E-state index is -0.582. The number of aromatic nitrogens is 5. The molecule has 3 heterocycles. The Morgan fingerprint density at radius 1 is 1.27 bits per heavy atom. The number of imidazole rings is 1. The molecule has 0 aliphatic heterocycles. The molecule has 1 aliphatic rings. The molecule has 0 atom stereocenters. The lowest BCUT2D eigenvalue weighted by atomic mass is 10.0. The maximum atomic E-state index is 13.6. The molecule has 0 bridgehead atoms. The molecule has 0 radical (unpaired) electrons. The number of hydrogen-bond donors (Lipinski definition) is 0. The van der Waals surface area contributed by atoms with Crippen LogP contribution in [0.25, 0.3) is 28.1 Å². The van der Waals surface area contributed by atoms with Crippen molar-refractivity contribution in [1.82, 2.24) is 24.1 Å².